The van der Waals surface area contributed by atoms with Gasteiger partial charge in [0.2, 0.25) is 10.0 Å². The van der Waals surface area contributed by atoms with E-state index >= 15 is 0 Å². The third kappa shape index (κ3) is 2.76. The van der Waals surface area contributed by atoms with Gasteiger partial charge in [-0.15, -0.1) is 0 Å². The summed E-state index contributed by atoms with van der Waals surface area (Å²) in [6.07, 6.45) is 3.65. The first-order valence-electron chi connectivity index (χ1n) is 6.68. The van der Waals surface area contributed by atoms with Gasteiger partial charge in [0, 0.05) is 18.5 Å². The van der Waals surface area contributed by atoms with Crippen molar-refractivity contribution in [2.75, 3.05) is 30.7 Å². The highest BCUT2D eigenvalue weighted by atomic mass is 32.2. The second-order valence-electron chi connectivity index (χ2n) is 5.16. The molecule has 2 aliphatic heterocycles. The van der Waals surface area contributed by atoms with Crippen molar-refractivity contribution in [2.24, 2.45) is 4.99 Å². The number of benzene rings is 1. The van der Waals surface area contributed by atoms with Crippen molar-refractivity contribution in [3.63, 3.8) is 0 Å². The molecule has 0 fully saturated rings. The molecule has 1 unspecified atom stereocenters. The first-order chi connectivity index (χ1) is 9.96. The Morgan fingerprint density at radius 3 is 2.95 bits per heavy atom. The minimum atomic E-state index is -3.50. The number of rotatable bonds is 3. The Morgan fingerprint density at radius 2 is 2.29 bits per heavy atom. The van der Waals surface area contributed by atoms with Crippen molar-refractivity contribution in [1.29, 1.82) is 0 Å². The number of hydrogen-bond acceptors (Lipinski definition) is 6. The molecule has 2 aliphatic rings. The zero-order chi connectivity index (χ0) is 15.0. The molecule has 21 heavy (non-hydrogen) atoms. The quantitative estimate of drug-likeness (QED) is 0.810. The molecule has 114 valence electrons. The van der Waals surface area contributed by atoms with Crippen molar-refractivity contribution in [3.8, 4) is 11.5 Å². The number of nitrogens with zero attached hydrogens (tertiary/aromatic N) is 2. The Labute approximate surface area is 123 Å². The van der Waals surface area contributed by atoms with Gasteiger partial charge in [-0.25, -0.2) is 8.42 Å². The van der Waals surface area contributed by atoms with Crippen LogP contribution in [0.3, 0.4) is 0 Å². The van der Waals surface area contributed by atoms with Gasteiger partial charge in [0.05, 0.1) is 31.8 Å². The Kier molecular flexibility index (Phi) is 3.40. The zero-order valence-electron chi connectivity index (χ0n) is 11.6. The van der Waals surface area contributed by atoms with Crippen LogP contribution in [0.1, 0.15) is 18.0 Å². The number of hydrogen-bond donors (Lipinski definition) is 2. The monoisotopic (exact) mass is 311 g/mol. The van der Waals surface area contributed by atoms with E-state index in [0.717, 1.165) is 31.3 Å². The molecule has 0 radical (unpaired) electrons. The summed E-state index contributed by atoms with van der Waals surface area (Å²) in [4.78, 5) is 6.33. The number of aliphatic imine (C=N–C) groups is 1. The predicted octanol–water partition coefficient (Wildman–Crippen LogP) is 0.931. The van der Waals surface area contributed by atoms with E-state index in [1.165, 1.54) is 6.07 Å². The molecule has 1 aromatic carbocycles. The van der Waals surface area contributed by atoms with E-state index in [0.29, 0.717) is 12.4 Å². The van der Waals surface area contributed by atoms with Crippen molar-refractivity contribution in [2.45, 2.75) is 12.5 Å². The van der Waals surface area contributed by atoms with Crippen molar-refractivity contribution in [1.82, 2.24) is 4.90 Å². The normalized spacial score (nSPS) is 21.0. The number of anilines is 1. The number of phenolic OH excluding ortho intramolecular Hbond substituents is 1. The van der Waals surface area contributed by atoms with Crippen LogP contribution in [-0.2, 0) is 10.0 Å². The minimum Gasteiger partial charge on any atom is -0.506 e. The number of aromatic hydroxyl groups is 1. The lowest BCUT2D eigenvalue weighted by atomic mass is 9.98. The van der Waals surface area contributed by atoms with E-state index in [2.05, 4.69) is 14.6 Å². The Hall–Kier alpha value is -1.96. The third-order valence-corrected chi connectivity index (χ3v) is 4.14. The number of nitrogens with one attached hydrogen (secondary N) is 1. The van der Waals surface area contributed by atoms with Gasteiger partial charge in [-0.1, -0.05) is 0 Å². The molecule has 0 spiro atoms. The van der Waals surface area contributed by atoms with Crippen LogP contribution in [0.5, 0.6) is 11.5 Å². The van der Waals surface area contributed by atoms with Gasteiger partial charge in [-0.2, -0.15) is 0 Å². The van der Waals surface area contributed by atoms with Crippen LogP contribution < -0.4 is 9.46 Å². The lowest BCUT2D eigenvalue weighted by Gasteiger charge is -2.33. The van der Waals surface area contributed by atoms with Gasteiger partial charge in [0.25, 0.3) is 0 Å². The van der Waals surface area contributed by atoms with Gasteiger partial charge in [-0.3, -0.25) is 9.71 Å². The van der Waals surface area contributed by atoms with E-state index < -0.39 is 10.0 Å². The molecule has 0 saturated heterocycles. The molecule has 2 N–H and O–H groups in total. The van der Waals surface area contributed by atoms with Crippen molar-refractivity contribution in [3.05, 3.63) is 17.7 Å². The maximum absolute atomic E-state index is 11.5. The van der Waals surface area contributed by atoms with E-state index in [-0.39, 0.29) is 17.5 Å². The fourth-order valence-corrected chi connectivity index (χ4v) is 3.26. The molecule has 0 aliphatic carbocycles. The Morgan fingerprint density at radius 1 is 1.48 bits per heavy atom. The van der Waals surface area contributed by atoms with Gasteiger partial charge in [-0.05, 0) is 12.1 Å². The summed E-state index contributed by atoms with van der Waals surface area (Å²) in [6, 6.07) is 3.34. The Balaban J connectivity index is 2.04. The summed E-state index contributed by atoms with van der Waals surface area (Å²) < 4.78 is 30.9. The number of phenols is 1. The van der Waals surface area contributed by atoms with Crippen LogP contribution in [0.15, 0.2) is 17.1 Å². The lowest BCUT2D eigenvalue weighted by Crippen LogP contribution is -2.30. The molecule has 3 rings (SSSR count). The largest absolute Gasteiger partial charge is 0.506 e. The molecule has 7 nitrogen and oxygen atoms in total. The second kappa shape index (κ2) is 5.10. The summed E-state index contributed by atoms with van der Waals surface area (Å²) in [7, 11) is -3.50. The fraction of sp³-hybridized carbons (Fsp3) is 0.462. The highest BCUT2D eigenvalue weighted by molar-refractivity contribution is 7.92. The molecule has 0 bridgehead atoms. The van der Waals surface area contributed by atoms with Crippen molar-refractivity contribution < 1.29 is 18.3 Å². The van der Waals surface area contributed by atoms with Gasteiger partial charge < -0.3 is 14.7 Å². The summed E-state index contributed by atoms with van der Waals surface area (Å²) in [5.41, 5.74) is 0.967. The van der Waals surface area contributed by atoms with Crippen LogP contribution in [0, 0.1) is 0 Å². The molecule has 0 amide bonds. The molecule has 1 atom stereocenters. The minimum absolute atomic E-state index is 0.0840. The first kappa shape index (κ1) is 14.0. The summed E-state index contributed by atoms with van der Waals surface area (Å²) >= 11 is 0. The average molecular weight is 311 g/mol. The maximum atomic E-state index is 11.5. The van der Waals surface area contributed by atoms with Gasteiger partial charge in [0.1, 0.15) is 11.4 Å². The Bertz CT molecular complexity index is 687. The molecular formula is C13H17N3O4S. The predicted molar refractivity (Wildman–Crippen MR) is 79.5 cm³/mol. The van der Waals surface area contributed by atoms with E-state index in [9.17, 15) is 13.5 Å². The van der Waals surface area contributed by atoms with Gasteiger partial charge in [0.15, 0.2) is 5.75 Å². The molecule has 0 saturated carbocycles. The summed E-state index contributed by atoms with van der Waals surface area (Å²) in [5.74, 6) is 0.256. The number of fused-ring (bicyclic) bond motifs is 1. The van der Waals surface area contributed by atoms with Crippen LogP contribution in [0.2, 0.25) is 0 Å². The summed E-state index contributed by atoms with van der Waals surface area (Å²) in [6.45, 7) is 2.06. The highest BCUT2D eigenvalue weighted by Gasteiger charge is 2.30. The second-order valence-corrected chi connectivity index (χ2v) is 6.91. The topological polar surface area (TPSA) is 91.2 Å². The number of sulfonamides is 1. The standard InChI is InChI=1S/C13H17N3O4S/c1-21(18,19)15-12-11(17)3-2-9-10(4-7-20-13(9)12)16-6-5-14-8-16/h2-3,8,10,15,17H,4-7H2,1H3. The van der Waals surface area contributed by atoms with E-state index in [1.54, 1.807) is 6.07 Å². The lowest BCUT2D eigenvalue weighted by molar-refractivity contribution is 0.210. The third-order valence-electron chi connectivity index (χ3n) is 3.57. The zero-order valence-corrected chi connectivity index (χ0v) is 12.4. The molecule has 1 aromatic rings. The molecule has 8 heteroatoms. The fourth-order valence-electron chi connectivity index (χ4n) is 2.69. The van der Waals surface area contributed by atoms with Gasteiger partial charge >= 0.3 is 0 Å². The SMILES string of the molecule is CS(=O)(=O)Nc1c(O)ccc2c1OCCC2N1C=NCC1. The van der Waals surface area contributed by atoms with E-state index in [4.69, 9.17) is 4.74 Å². The van der Waals surface area contributed by atoms with Crippen LogP contribution in [0.4, 0.5) is 5.69 Å². The highest BCUT2D eigenvalue weighted by Crippen LogP contribution is 2.45. The molecule has 2 heterocycles. The van der Waals surface area contributed by atoms with Crippen LogP contribution in [0.25, 0.3) is 0 Å². The average Bonchev–Trinajstić information content (AvgIpc) is 2.94. The summed E-state index contributed by atoms with van der Waals surface area (Å²) in [5, 5.41) is 9.93. The van der Waals surface area contributed by atoms with Crippen LogP contribution in [-0.4, -0.2) is 50.7 Å². The molecular weight excluding hydrogens is 294 g/mol. The van der Waals surface area contributed by atoms with E-state index in [1.807, 2.05) is 6.34 Å². The molecule has 0 aromatic heterocycles. The maximum Gasteiger partial charge on any atom is 0.230 e. The first-order valence-corrected chi connectivity index (χ1v) is 8.57. The smallest absolute Gasteiger partial charge is 0.230 e. The van der Waals surface area contributed by atoms with Crippen LogP contribution >= 0.6 is 0 Å². The van der Waals surface area contributed by atoms with Crippen molar-refractivity contribution >= 4 is 22.0 Å². The number of ether oxygens (including phenoxy) is 1.